The number of fused-ring (bicyclic) bond motifs is 2. The van der Waals surface area contributed by atoms with Crippen LogP contribution < -0.4 is 0 Å². The lowest BCUT2D eigenvalue weighted by molar-refractivity contribution is 0.415. The highest BCUT2D eigenvalue weighted by molar-refractivity contribution is 6.00. The number of hydrogen-bond donors (Lipinski definition) is 0. The molecule has 3 aromatic carbocycles. The molecule has 20 heavy (non-hydrogen) atoms. The van der Waals surface area contributed by atoms with E-state index in [9.17, 15) is 26.3 Å². The smallest absolute Gasteiger partial charge is 0.198 e. The summed E-state index contributed by atoms with van der Waals surface area (Å²) in [6.07, 6.45) is 0. The molecule has 0 unspecified atom stereocenters. The zero-order chi connectivity index (χ0) is 14.6. The summed E-state index contributed by atoms with van der Waals surface area (Å²) in [5.74, 6) is -11.0. The summed E-state index contributed by atoms with van der Waals surface area (Å²) < 4.78 is 81.8. The van der Waals surface area contributed by atoms with E-state index in [-0.39, 0.29) is 10.8 Å². The third-order valence-electron chi connectivity index (χ3n) is 3.11. The van der Waals surface area contributed by atoms with Gasteiger partial charge >= 0.3 is 0 Å². The molecule has 6 heteroatoms. The Labute approximate surface area is 108 Å². The van der Waals surface area contributed by atoms with Crippen LogP contribution in [-0.2, 0) is 0 Å². The van der Waals surface area contributed by atoms with Gasteiger partial charge in [0.05, 0.1) is 10.8 Å². The van der Waals surface area contributed by atoms with Crippen LogP contribution in [0.2, 0.25) is 0 Å². The first kappa shape index (κ1) is 12.8. The molecular formula is C14H4F6. The molecule has 0 aliphatic rings. The Bertz CT molecular complexity index is 797. The Kier molecular flexibility index (Phi) is 2.64. The van der Waals surface area contributed by atoms with Crippen LogP contribution in [0, 0.1) is 34.9 Å². The van der Waals surface area contributed by atoms with E-state index in [1.807, 2.05) is 0 Å². The van der Waals surface area contributed by atoms with E-state index in [1.165, 1.54) is 12.1 Å². The van der Waals surface area contributed by atoms with Crippen molar-refractivity contribution in [3.05, 3.63) is 59.2 Å². The molecule has 0 spiro atoms. The number of rotatable bonds is 0. The summed E-state index contributed by atoms with van der Waals surface area (Å²) in [7, 11) is 0. The van der Waals surface area contributed by atoms with Gasteiger partial charge in [0.1, 0.15) is 11.6 Å². The van der Waals surface area contributed by atoms with Crippen molar-refractivity contribution in [2.24, 2.45) is 0 Å². The van der Waals surface area contributed by atoms with E-state index in [0.29, 0.717) is 0 Å². The minimum absolute atomic E-state index is 0.346. The Hall–Kier alpha value is -2.24. The highest BCUT2D eigenvalue weighted by Gasteiger charge is 2.27. The van der Waals surface area contributed by atoms with Gasteiger partial charge in [0.25, 0.3) is 0 Å². The van der Waals surface area contributed by atoms with Crippen molar-refractivity contribution in [2.75, 3.05) is 0 Å². The van der Waals surface area contributed by atoms with Gasteiger partial charge in [-0.05, 0) is 0 Å². The molecule has 0 N–H and O–H groups in total. The molecule has 0 aliphatic carbocycles. The molecule has 0 radical (unpaired) electrons. The van der Waals surface area contributed by atoms with Crippen molar-refractivity contribution in [1.82, 2.24) is 0 Å². The molecule has 0 saturated carbocycles. The largest absolute Gasteiger partial charge is 0.206 e. The first-order chi connectivity index (χ1) is 9.45. The molecule has 0 heterocycles. The maximum Gasteiger partial charge on any atom is 0.198 e. The standard InChI is InChI=1S/C14H4F6/c15-9-5-3-1-2-4-6(5)10(16)8-7(9)11(17)13(19)14(20)12(8)18/h1-4H. The van der Waals surface area contributed by atoms with E-state index >= 15 is 0 Å². The van der Waals surface area contributed by atoms with Crippen molar-refractivity contribution >= 4 is 21.5 Å². The van der Waals surface area contributed by atoms with Crippen LogP contribution in [0.3, 0.4) is 0 Å². The Balaban J connectivity index is 2.74. The second-order valence-corrected chi connectivity index (χ2v) is 4.18. The second-order valence-electron chi connectivity index (χ2n) is 4.18. The lowest BCUT2D eigenvalue weighted by Gasteiger charge is -2.10. The monoisotopic (exact) mass is 286 g/mol. The van der Waals surface area contributed by atoms with E-state index < -0.39 is 45.7 Å². The van der Waals surface area contributed by atoms with Crippen LogP contribution in [0.4, 0.5) is 26.3 Å². The molecule has 0 bridgehead atoms. The zero-order valence-corrected chi connectivity index (χ0v) is 9.58. The van der Waals surface area contributed by atoms with Gasteiger partial charge in [0, 0.05) is 10.8 Å². The lowest BCUT2D eigenvalue weighted by atomic mass is 10.0. The minimum atomic E-state index is -2.18. The predicted octanol–water partition coefficient (Wildman–Crippen LogP) is 4.83. The second kappa shape index (κ2) is 4.13. The molecule has 0 fully saturated rings. The van der Waals surface area contributed by atoms with Crippen molar-refractivity contribution < 1.29 is 26.3 Å². The van der Waals surface area contributed by atoms with E-state index in [2.05, 4.69) is 0 Å². The quantitative estimate of drug-likeness (QED) is 0.240. The summed E-state index contributed by atoms with van der Waals surface area (Å²) in [6.45, 7) is 0. The molecule has 0 saturated heterocycles. The highest BCUT2D eigenvalue weighted by atomic mass is 19.2. The van der Waals surface area contributed by atoms with Crippen molar-refractivity contribution in [3.63, 3.8) is 0 Å². The van der Waals surface area contributed by atoms with Gasteiger partial charge < -0.3 is 0 Å². The lowest BCUT2D eigenvalue weighted by Crippen LogP contribution is -2.02. The van der Waals surface area contributed by atoms with E-state index in [1.54, 1.807) is 0 Å². The molecule has 0 aromatic heterocycles. The SMILES string of the molecule is Fc1c(F)c(F)c2c(F)c3ccccc3c(F)c2c1F. The van der Waals surface area contributed by atoms with Crippen molar-refractivity contribution in [2.45, 2.75) is 0 Å². The van der Waals surface area contributed by atoms with Gasteiger partial charge in [-0.3, -0.25) is 0 Å². The van der Waals surface area contributed by atoms with Gasteiger partial charge in [0.15, 0.2) is 23.3 Å². The highest BCUT2D eigenvalue weighted by Crippen LogP contribution is 2.35. The molecule has 0 nitrogen and oxygen atoms in total. The fourth-order valence-electron chi connectivity index (χ4n) is 2.18. The van der Waals surface area contributed by atoms with Gasteiger partial charge in [0.2, 0.25) is 0 Å². The van der Waals surface area contributed by atoms with E-state index in [0.717, 1.165) is 12.1 Å². The first-order valence-electron chi connectivity index (χ1n) is 5.46. The summed E-state index contributed by atoms with van der Waals surface area (Å²) in [5.41, 5.74) is 0. The van der Waals surface area contributed by atoms with Crippen LogP contribution in [0.25, 0.3) is 21.5 Å². The molecule has 0 amide bonds. The minimum Gasteiger partial charge on any atom is -0.206 e. The average Bonchev–Trinajstić information content (AvgIpc) is 2.46. The van der Waals surface area contributed by atoms with Gasteiger partial charge in [-0.2, -0.15) is 0 Å². The number of halogens is 6. The zero-order valence-electron chi connectivity index (χ0n) is 9.58. The van der Waals surface area contributed by atoms with Crippen molar-refractivity contribution in [3.8, 4) is 0 Å². The Morgan fingerprint density at radius 3 is 1.15 bits per heavy atom. The molecule has 0 aliphatic heterocycles. The fraction of sp³-hybridized carbons (Fsp3) is 0. The molecule has 3 rings (SSSR count). The molecule has 102 valence electrons. The summed E-state index contributed by atoms with van der Waals surface area (Å²) in [4.78, 5) is 0. The van der Waals surface area contributed by atoms with Crippen LogP contribution in [-0.4, -0.2) is 0 Å². The topological polar surface area (TPSA) is 0 Å². The van der Waals surface area contributed by atoms with Crippen LogP contribution >= 0.6 is 0 Å². The van der Waals surface area contributed by atoms with Gasteiger partial charge in [-0.25, -0.2) is 26.3 Å². The van der Waals surface area contributed by atoms with Gasteiger partial charge in [-0.15, -0.1) is 0 Å². The maximum atomic E-state index is 14.1. The first-order valence-corrected chi connectivity index (χ1v) is 5.46. The fourth-order valence-corrected chi connectivity index (χ4v) is 2.18. The molecule has 3 aromatic rings. The van der Waals surface area contributed by atoms with Crippen LogP contribution in [0.5, 0.6) is 0 Å². The number of benzene rings is 3. The molecular weight excluding hydrogens is 282 g/mol. The van der Waals surface area contributed by atoms with E-state index in [4.69, 9.17) is 0 Å². The number of hydrogen-bond acceptors (Lipinski definition) is 0. The van der Waals surface area contributed by atoms with Crippen LogP contribution in [0.1, 0.15) is 0 Å². The summed E-state index contributed by atoms with van der Waals surface area (Å²) in [5, 5.41) is -3.17. The summed E-state index contributed by atoms with van der Waals surface area (Å²) in [6, 6.07) is 4.97. The maximum absolute atomic E-state index is 14.1. The van der Waals surface area contributed by atoms with Gasteiger partial charge in [-0.1, -0.05) is 24.3 Å². The Morgan fingerprint density at radius 1 is 0.450 bits per heavy atom. The third kappa shape index (κ3) is 1.44. The van der Waals surface area contributed by atoms with Crippen molar-refractivity contribution in [1.29, 1.82) is 0 Å². The normalized spacial score (nSPS) is 11.5. The predicted molar refractivity (Wildman–Crippen MR) is 61.2 cm³/mol. The Morgan fingerprint density at radius 2 is 0.800 bits per heavy atom. The van der Waals surface area contributed by atoms with Crippen LogP contribution in [0.15, 0.2) is 24.3 Å². The summed E-state index contributed by atoms with van der Waals surface area (Å²) >= 11 is 0. The third-order valence-corrected chi connectivity index (χ3v) is 3.11. The average molecular weight is 286 g/mol. The molecule has 0 atom stereocenters.